The molecule has 0 bridgehead atoms. The van der Waals surface area contributed by atoms with Gasteiger partial charge in [0.15, 0.2) is 0 Å². The minimum absolute atomic E-state index is 0.183. The van der Waals surface area contributed by atoms with Gasteiger partial charge in [0.2, 0.25) is 0 Å². The molecular formula is C21H15NO3. The van der Waals surface area contributed by atoms with Crippen LogP contribution in [0.2, 0.25) is 0 Å². The van der Waals surface area contributed by atoms with Gasteiger partial charge >= 0.3 is 5.97 Å². The highest BCUT2D eigenvalue weighted by atomic mass is 16.5. The van der Waals surface area contributed by atoms with Crippen molar-refractivity contribution in [3.05, 3.63) is 95.6 Å². The van der Waals surface area contributed by atoms with Gasteiger partial charge in [0.25, 0.3) is 0 Å². The van der Waals surface area contributed by atoms with Crippen LogP contribution in [0.1, 0.15) is 21.5 Å². The molecule has 25 heavy (non-hydrogen) atoms. The Kier molecular flexibility index (Phi) is 5.08. The zero-order valence-electron chi connectivity index (χ0n) is 13.4. The summed E-state index contributed by atoms with van der Waals surface area (Å²) in [5.41, 5.74) is 1.62. The van der Waals surface area contributed by atoms with E-state index in [0.29, 0.717) is 22.6 Å². The number of carbonyl (C=O) groups is 1. The van der Waals surface area contributed by atoms with Gasteiger partial charge in [-0.25, -0.2) is 4.79 Å². The van der Waals surface area contributed by atoms with Crippen molar-refractivity contribution < 1.29 is 14.3 Å². The first-order valence-electron chi connectivity index (χ1n) is 7.75. The number of esters is 1. The molecule has 0 fully saturated rings. The van der Waals surface area contributed by atoms with Crippen molar-refractivity contribution in [2.45, 2.75) is 6.61 Å². The maximum absolute atomic E-state index is 12.4. The first-order valence-corrected chi connectivity index (χ1v) is 7.75. The van der Waals surface area contributed by atoms with Crippen molar-refractivity contribution in [2.75, 3.05) is 0 Å². The second-order valence-electron chi connectivity index (χ2n) is 5.27. The van der Waals surface area contributed by atoms with Crippen molar-refractivity contribution in [2.24, 2.45) is 0 Å². The predicted octanol–water partition coefficient (Wildman–Crippen LogP) is 4.71. The van der Waals surface area contributed by atoms with E-state index >= 15 is 0 Å². The van der Waals surface area contributed by atoms with Crippen LogP contribution >= 0.6 is 0 Å². The van der Waals surface area contributed by atoms with Gasteiger partial charge in [-0.15, -0.1) is 0 Å². The lowest BCUT2D eigenvalue weighted by atomic mass is 10.2. The first-order chi connectivity index (χ1) is 12.3. The number of hydrogen-bond acceptors (Lipinski definition) is 4. The molecule has 0 aliphatic rings. The standard InChI is InChI=1S/C21H15NO3/c22-14-17-10-4-6-12-19(17)25-20-13-7-5-11-18(20)21(23)24-15-16-8-2-1-3-9-16/h1-13H,15H2. The highest BCUT2D eigenvalue weighted by Gasteiger charge is 2.15. The number of rotatable bonds is 5. The molecule has 4 nitrogen and oxygen atoms in total. The van der Waals surface area contributed by atoms with E-state index in [1.807, 2.05) is 30.3 Å². The molecular weight excluding hydrogens is 314 g/mol. The summed E-state index contributed by atoms with van der Waals surface area (Å²) in [7, 11) is 0. The van der Waals surface area contributed by atoms with Crippen LogP contribution in [0, 0.1) is 11.3 Å². The summed E-state index contributed by atoms with van der Waals surface area (Å²) in [6, 6.07) is 25.2. The minimum atomic E-state index is -0.478. The molecule has 0 spiro atoms. The monoisotopic (exact) mass is 329 g/mol. The van der Waals surface area contributed by atoms with Crippen LogP contribution in [0.5, 0.6) is 11.5 Å². The zero-order chi connectivity index (χ0) is 17.5. The normalized spacial score (nSPS) is 9.88. The summed E-state index contributed by atoms with van der Waals surface area (Å²) in [6.45, 7) is 0.183. The Balaban J connectivity index is 1.79. The van der Waals surface area contributed by atoms with Gasteiger partial charge in [0.05, 0.1) is 5.56 Å². The van der Waals surface area contributed by atoms with Crippen molar-refractivity contribution in [3.8, 4) is 17.6 Å². The molecule has 0 aromatic heterocycles. The third-order valence-electron chi connectivity index (χ3n) is 3.55. The van der Waals surface area contributed by atoms with Crippen LogP contribution in [-0.4, -0.2) is 5.97 Å². The SMILES string of the molecule is N#Cc1ccccc1Oc1ccccc1C(=O)OCc1ccccc1. The topological polar surface area (TPSA) is 59.3 Å². The molecule has 0 saturated heterocycles. The zero-order valence-corrected chi connectivity index (χ0v) is 13.4. The predicted molar refractivity (Wildman–Crippen MR) is 93.2 cm³/mol. The second-order valence-corrected chi connectivity index (χ2v) is 5.27. The number of benzene rings is 3. The number of nitriles is 1. The van der Waals surface area contributed by atoms with E-state index in [4.69, 9.17) is 14.7 Å². The maximum Gasteiger partial charge on any atom is 0.342 e. The number of ether oxygens (including phenoxy) is 2. The van der Waals surface area contributed by atoms with E-state index in [0.717, 1.165) is 5.56 Å². The third-order valence-corrected chi connectivity index (χ3v) is 3.55. The van der Waals surface area contributed by atoms with Crippen molar-refractivity contribution in [3.63, 3.8) is 0 Å². The maximum atomic E-state index is 12.4. The van der Waals surface area contributed by atoms with E-state index in [9.17, 15) is 4.79 Å². The van der Waals surface area contributed by atoms with Crippen LogP contribution in [-0.2, 0) is 11.3 Å². The fraction of sp³-hybridized carbons (Fsp3) is 0.0476. The van der Waals surface area contributed by atoms with Gasteiger partial charge in [0.1, 0.15) is 29.7 Å². The highest BCUT2D eigenvalue weighted by Crippen LogP contribution is 2.28. The Labute approximate surface area is 145 Å². The average Bonchev–Trinajstić information content (AvgIpc) is 2.68. The molecule has 4 heteroatoms. The Morgan fingerprint density at radius 2 is 1.48 bits per heavy atom. The molecule has 0 atom stereocenters. The van der Waals surface area contributed by atoms with Crippen molar-refractivity contribution >= 4 is 5.97 Å². The van der Waals surface area contributed by atoms with Crippen LogP contribution in [0.4, 0.5) is 0 Å². The minimum Gasteiger partial charge on any atom is -0.457 e. The van der Waals surface area contributed by atoms with E-state index in [-0.39, 0.29) is 6.61 Å². The molecule has 0 N–H and O–H groups in total. The number of hydrogen-bond donors (Lipinski definition) is 0. The van der Waals surface area contributed by atoms with Crippen molar-refractivity contribution in [1.29, 1.82) is 5.26 Å². The average molecular weight is 329 g/mol. The van der Waals surface area contributed by atoms with E-state index in [1.165, 1.54) is 0 Å². The lowest BCUT2D eigenvalue weighted by Crippen LogP contribution is -2.07. The lowest BCUT2D eigenvalue weighted by Gasteiger charge is -2.12. The summed E-state index contributed by atoms with van der Waals surface area (Å²) < 4.78 is 11.1. The highest BCUT2D eigenvalue weighted by molar-refractivity contribution is 5.92. The summed E-state index contributed by atoms with van der Waals surface area (Å²) in [6.07, 6.45) is 0. The molecule has 122 valence electrons. The van der Waals surface area contributed by atoms with Gasteiger partial charge in [-0.1, -0.05) is 54.6 Å². The Hall–Kier alpha value is -3.58. The van der Waals surface area contributed by atoms with Crippen molar-refractivity contribution in [1.82, 2.24) is 0 Å². The second kappa shape index (κ2) is 7.80. The summed E-state index contributed by atoms with van der Waals surface area (Å²) in [5, 5.41) is 9.16. The van der Waals surface area contributed by atoms with Gasteiger partial charge in [-0.3, -0.25) is 0 Å². The molecule has 0 aliphatic carbocycles. The Bertz CT molecular complexity index is 914. The van der Waals surface area contributed by atoms with Crippen LogP contribution in [0.15, 0.2) is 78.9 Å². The van der Waals surface area contributed by atoms with Gasteiger partial charge in [-0.05, 0) is 29.8 Å². The van der Waals surface area contributed by atoms with Gasteiger partial charge in [-0.2, -0.15) is 5.26 Å². The third kappa shape index (κ3) is 4.04. The summed E-state index contributed by atoms with van der Waals surface area (Å²) >= 11 is 0. The molecule has 0 aliphatic heterocycles. The van der Waals surface area contributed by atoms with E-state index < -0.39 is 5.97 Å². The summed E-state index contributed by atoms with van der Waals surface area (Å²) in [5.74, 6) is 0.269. The van der Waals surface area contributed by atoms with Crippen LogP contribution in [0.3, 0.4) is 0 Å². The molecule has 3 aromatic carbocycles. The molecule has 3 rings (SSSR count). The molecule has 0 saturated carbocycles. The Morgan fingerprint density at radius 3 is 2.24 bits per heavy atom. The van der Waals surface area contributed by atoms with Crippen LogP contribution in [0.25, 0.3) is 0 Å². The molecule has 0 radical (unpaired) electrons. The first kappa shape index (κ1) is 16.3. The van der Waals surface area contributed by atoms with Gasteiger partial charge < -0.3 is 9.47 Å². The largest absolute Gasteiger partial charge is 0.457 e. The quantitative estimate of drug-likeness (QED) is 0.636. The Morgan fingerprint density at radius 1 is 0.840 bits per heavy atom. The number of para-hydroxylation sites is 2. The molecule has 0 heterocycles. The van der Waals surface area contributed by atoms with E-state index in [1.54, 1.807) is 48.5 Å². The fourth-order valence-electron chi connectivity index (χ4n) is 2.29. The van der Waals surface area contributed by atoms with E-state index in [2.05, 4.69) is 6.07 Å². The fourth-order valence-corrected chi connectivity index (χ4v) is 2.29. The smallest absolute Gasteiger partial charge is 0.342 e. The molecule has 3 aromatic rings. The van der Waals surface area contributed by atoms with Crippen LogP contribution < -0.4 is 4.74 Å². The molecule has 0 amide bonds. The summed E-state index contributed by atoms with van der Waals surface area (Å²) in [4.78, 5) is 12.4. The lowest BCUT2D eigenvalue weighted by molar-refractivity contribution is 0.0470. The number of nitrogens with zero attached hydrogens (tertiary/aromatic N) is 1. The van der Waals surface area contributed by atoms with Gasteiger partial charge in [0, 0.05) is 0 Å². The number of carbonyl (C=O) groups excluding carboxylic acids is 1. The molecule has 0 unspecified atom stereocenters.